The number of hydrogen-bond donors (Lipinski definition) is 2. The molecule has 2 saturated heterocycles. The fraction of sp³-hybridized carbons (Fsp3) is 0.524. The number of para-hydroxylation sites is 1. The van der Waals surface area contributed by atoms with Gasteiger partial charge < -0.3 is 20.0 Å². The van der Waals surface area contributed by atoms with E-state index >= 15 is 0 Å². The van der Waals surface area contributed by atoms with E-state index in [1.165, 1.54) is 0 Å². The molecule has 1 amide bonds. The van der Waals surface area contributed by atoms with Gasteiger partial charge in [-0.2, -0.15) is 0 Å². The fourth-order valence-corrected chi connectivity index (χ4v) is 4.29. The smallest absolute Gasteiger partial charge is 0.220 e. The SMILES string of the molecule is CCNC(=NCCc1cc2ccccc2o1)N1CCCC2(CNC(=O)C2)C1. The molecule has 1 aromatic heterocycles. The van der Waals surface area contributed by atoms with Crippen molar-refractivity contribution in [3.05, 3.63) is 36.1 Å². The third-order valence-electron chi connectivity index (χ3n) is 5.59. The number of rotatable bonds is 4. The average Bonchev–Trinajstić information content (AvgIpc) is 3.24. The van der Waals surface area contributed by atoms with Crippen molar-refractivity contribution in [1.82, 2.24) is 15.5 Å². The summed E-state index contributed by atoms with van der Waals surface area (Å²) in [6.07, 6.45) is 3.63. The molecule has 1 unspecified atom stereocenters. The number of carbonyl (C=O) groups is 1. The molecule has 2 aromatic rings. The maximum absolute atomic E-state index is 11.7. The molecular formula is C21H28N4O2. The van der Waals surface area contributed by atoms with Gasteiger partial charge in [-0.05, 0) is 31.9 Å². The van der Waals surface area contributed by atoms with Crippen LogP contribution < -0.4 is 10.6 Å². The minimum absolute atomic E-state index is 0.0737. The topological polar surface area (TPSA) is 69.9 Å². The zero-order chi connectivity index (χ0) is 18.7. The third kappa shape index (κ3) is 3.94. The highest BCUT2D eigenvalue weighted by molar-refractivity contribution is 5.82. The van der Waals surface area contributed by atoms with E-state index in [9.17, 15) is 4.79 Å². The summed E-state index contributed by atoms with van der Waals surface area (Å²) in [4.78, 5) is 18.9. The first kappa shape index (κ1) is 17.9. The highest BCUT2D eigenvalue weighted by Gasteiger charge is 2.42. The van der Waals surface area contributed by atoms with Crippen molar-refractivity contribution in [2.75, 3.05) is 32.7 Å². The second-order valence-electron chi connectivity index (χ2n) is 7.71. The van der Waals surface area contributed by atoms with Gasteiger partial charge in [-0.25, -0.2) is 0 Å². The highest BCUT2D eigenvalue weighted by atomic mass is 16.3. The largest absolute Gasteiger partial charge is 0.461 e. The van der Waals surface area contributed by atoms with Gasteiger partial charge in [0.2, 0.25) is 5.91 Å². The Morgan fingerprint density at radius 2 is 2.30 bits per heavy atom. The molecule has 6 heteroatoms. The molecule has 1 aromatic carbocycles. The van der Waals surface area contributed by atoms with Crippen molar-refractivity contribution in [2.24, 2.45) is 10.4 Å². The summed E-state index contributed by atoms with van der Waals surface area (Å²) in [6, 6.07) is 10.2. The molecule has 0 bridgehead atoms. The van der Waals surface area contributed by atoms with Gasteiger partial charge in [0, 0.05) is 56.4 Å². The Balaban J connectivity index is 1.42. The maximum Gasteiger partial charge on any atom is 0.220 e. The number of hydrogen-bond acceptors (Lipinski definition) is 3. The number of piperidine rings is 1. The Hall–Kier alpha value is -2.50. The van der Waals surface area contributed by atoms with Crippen molar-refractivity contribution in [1.29, 1.82) is 0 Å². The number of likely N-dealkylation sites (tertiary alicyclic amines) is 1. The molecule has 4 rings (SSSR count). The number of furan rings is 1. The molecule has 6 nitrogen and oxygen atoms in total. The average molecular weight is 368 g/mol. The quantitative estimate of drug-likeness (QED) is 0.643. The molecule has 1 spiro atoms. The van der Waals surface area contributed by atoms with E-state index in [1.54, 1.807) is 0 Å². The zero-order valence-corrected chi connectivity index (χ0v) is 16.0. The summed E-state index contributed by atoms with van der Waals surface area (Å²) < 4.78 is 5.89. The third-order valence-corrected chi connectivity index (χ3v) is 5.59. The van der Waals surface area contributed by atoms with Crippen LogP contribution in [-0.2, 0) is 11.2 Å². The molecular weight excluding hydrogens is 340 g/mol. The predicted molar refractivity (Wildman–Crippen MR) is 107 cm³/mol. The van der Waals surface area contributed by atoms with Gasteiger partial charge in [-0.3, -0.25) is 9.79 Å². The van der Waals surface area contributed by atoms with E-state index in [0.717, 1.165) is 68.1 Å². The number of nitrogens with one attached hydrogen (secondary N) is 2. The lowest BCUT2D eigenvalue weighted by Crippen LogP contribution is -2.51. The van der Waals surface area contributed by atoms with Crippen LogP contribution in [0.1, 0.15) is 31.9 Å². The van der Waals surface area contributed by atoms with Crippen LogP contribution in [0.15, 0.2) is 39.7 Å². The summed E-state index contributed by atoms with van der Waals surface area (Å²) in [6.45, 7) is 6.29. The standard InChI is InChI=1S/C21H28N4O2/c1-2-22-20(25-11-5-9-21(15-25)13-19(26)24-14-21)23-10-8-17-12-16-6-3-4-7-18(16)27-17/h3-4,6-7,12H,2,5,8-11,13-15H2,1H3,(H,22,23)(H,24,26). The number of amides is 1. The lowest BCUT2D eigenvalue weighted by molar-refractivity contribution is -0.119. The van der Waals surface area contributed by atoms with Gasteiger partial charge in [0.05, 0.1) is 0 Å². The van der Waals surface area contributed by atoms with Gasteiger partial charge in [0.15, 0.2) is 5.96 Å². The number of carbonyl (C=O) groups excluding carboxylic acids is 1. The molecule has 0 saturated carbocycles. The minimum atomic E-state index is 0.0737. The molecule has 0 aliphatic carbocycles. The van der Waals surface area contributed by atoms with E-state index in [-0.39, 0.29) is 11.3 Å². The van der Waals surface area contributed by atoms with E-state index in [2.05, 4.69) is 34.6 Å². The van der Waals surface area contributed by atoms with Crippen molar-refractivity contribution in [2.45, 2.75) is 32.6 Å². The van der Waals surface area contributed by atoms with E-state index < -0.39 is 0 Å². The van der Waals surface area contributed by atoms with Crippen LogP contribution in [0.4, 0.5) is 0 Å². The molecule has 1 atom stereocenters. The number of fused-ring (bicyclic) bond motifs is 1. The van der Waals surface area contributed by atoms with Crippen LogP contribution in [0.5, 0.6) is 0 Å². The van der Waals surface area contributed by atoms with Crippen molar-refractivity contribution < 1.29 is 9.21 Å². The molecule has 0 radical (unpaired) electrons. The Morgan fingerprint density at radius 3 is 3.07 bits per heavy atom. The Morgan fingerprint density at radius 1 is 1.41 bits per heavy atom. The van der Waals surface area contributed by atoms with Gasteiger partial charge in [0.25, 0.3) is 0 Å². The Bertz CT molecular complexity index is 811. The molecule has 2 aliphatic rings. The van der Waals surface area contributed by atoms with Crippen LogP contribution in [0.2, 0.25) is 0 Å². The first-order chi connectivity index (χ1) is 13.2. The summed E-state index contributed by atoms with van der Waals surface area (Å²) >= 11 is 0. The molecule has 2 fully saturated rings. The molecule has 27 heavy (non-hydrogen) atoms. The highest BCUT2D eigenvalue weighted by Crippen LogP contribution is 2.36. The normalized spacial score (nSPS) is 23.2. The Labute approximate surface area is 160 Å². The van der Waals surface area contributed by atoms with Crippen LogP contribution >= 0.6 is 0 Å². The second kappa shape index (κ2) is 7.62. The van der Waals surface area contributed by atoms with Crippen molar-refractivity contribution >= 4 is 22.8 Å². The van der Waals surface area contributed by atoms with Crippen LogP contribution in [-0.4, -0.2) is 49.5 Å². The maximum atomic E-state index is 11.7. The molecule has 144 valence electrons. The van der Waals surface area contributed by atoms with E-state index in [4.69, 9.17) is 9.41 Å². The van der Waals surface area contributed by atoms with Gasteiger partial charge in [0.1, 0.15) is 11.3 Å². The first-order valence-electron chi connectivity index (χ1n) is 9.95. The zero-order valence-electron chi connectivity index (χ0n) is 16.0. The number of benzene rings is 1. The fourth-order valence-electron chi connectivity index (χ4n) is 4.29. The summed E-state index contributed by atoms with van der Waals surface area (Å²) in [5.41, 5.74) is 1.00. The van der Waals surface area contributed by atoms with Crippen molar-refractivity contribution in [3.8, 4) is 0 Å². The van der Waals surface area contributed by atoms with E-state index in [0.29, 0.717) is 13.0 Å². The monoisotopic (exact) mass is 368 g/mol. The number of guanidine groups is 1. The summed E-state index contributed by atoms with van der Waals surface area (Å²) in [7, 11) is 0. The molecule has 3 heterocycles. The van der Waals surface area contributed by atoms with E-state index in [1.807, 2.05) is 18.2 Å². The summed E-state index contributed by atoms with van der Waals surface area (Å²) in [5.74, 6) is 2.10. The van der Waals surface area contributed by atoms with Gasteiger partial charge in [-0.15, -0.1) is 0 Å². The van der Waals surface area contributed by atoms with Crippen LogP contribution in [0, 0.1) is 5.41 Å². The van der Waals surface area contributed by atoms with Crippen LogP contribution in [0.3, 0.4) is 0 Å². The lowest BCUT2D eigenvalue weighted by Gasteiger charge is -2.40. The second-order valence-corrected chi connectivity index (χ2v) is 7.71. The van der Waals surface area contributed by atoms with Gasteiger partial charge >= 0.3 is 0 Å². The molecule has 2 N–H and O–H groups in total. The first-order valence-corrected chi connectivity index (χ1v) is 9.95. The lowest BCUT2D eigenvalue weighted by atomic mass is 9.79. The number of nitrogens with zero attached hydrogens (tertiary/aromatic N) is 2. The Kier molecular flexibility index (Phi) is 5.05. The van der Waals surface area contributed by atoms with Crippen LogP contribution in [0.25, 0.3) is 11.0 Å². The molecule has 2 aliphatic heterocycles. The van der Waals surface area contributed by atoms with Crippen molar-refractivity contribution in [3.63, 3.8) is 0 Å². The number of aliphatic imine (C=N–C) groups is 1. The summed E-state index contributed by atoms with van der Waals surface area (Å²) in [5, 5.41) is 7.57. The van der Waals surface area contributed by atoms with Gasteiger partial charge in [-0.1, -0.05) is 18.2 Å². The minimum Gasteiger partial charge on any atom is -0.461 e. The predicted octanol–water partition coefficient (Wildman–Crippen LogP) is 2.54.